The highest BCUT2D eigenvalue weighted by atomic mass is 35.5. The topological polar surface area (TPSA) is 42.1 Å². The third-order valence-electron chi connectivity index (χ3n) is 3.73. The zero-order valence-corrected chi connectivity index (χ0v) is 11.8. The first kappa shape index (κ1) is 12.7. The van der Waals surface area contributed by atoms with Crippen LogP contribution in [0.25, 0.3) is 10.9 Å². The molecule has 0 bridgehead atoms. The van der Waals surface area contributed by atoms with E-state index < -0.39 is 0 Å². The molecule has 1 aliphatic heterocycles. The highest BCUT2D eigenvalue weighted by Crippen LogP contribution is 2.32. The quantitative estimate of drug-likeness (QED) is 0.870. The number of hydrogen-bond acceptors (Lipinski definition) is 3. The predicted molar refractivity (Wildman–Crippen MR) is 80.7 cm³/mol. The van der Waals surface area contributed by atoms with Gasteiger partial charge in [-0.05, 0) is 36.6 Å². The van der Waals surface area contributed by atoms with Crippen LogP contribution in [-0.4, -0.2) is 24.1 Å². The molecule has 1 aromatic carbocycles. The van der Waals surface area contributed by atoms with Crippen LogP contribution < -0.4 is 10.6 Å². The number of aromatic nitrogens is 1. The molecule has 2 aromatic rings. The van der Waals surface area contributed by atoms with Crippen molar-refractivity contribution in [3.05, 3.63) is 35.5 Å². The molecule has 1 saturated heterocycles. The predicted octanol–water partition coefficient (Wildman–Crippen LogP) is 3.06. The van der Waals surface area contributed by atoms with Gasteiger partial charge in [0.25, 0.3) is 0 Å². The van der Waals surface area contributed by atoms with Crippen LogP contribution in [0.15, 0.2) is 30.5 Å². The molecule has 0 radical (unpaired) electrons. The number of anilines is 1. The fourth-order valence-electron chi connectivity index (χ4n) is 3.00. The van der Waals surface area contributed by atoms with Gasteiger partial charge in [-0.15, -0.1) is 0 Å². The van der Waals surface area contributed by atoms with Crippen LogP contribution in [0.3, 0.4) is 0 Å². The average molecular weight is 276 g/mol. The van der Waals surface area contributed by atoms with Crippen LogP contribution in [-0.2, 0) is 0 Å². The molecular formula is C15H18ClN3. The normalized spacial score (nSPS) is 23.8. The molecule has 1 fully saturated rings. The van der Waals surface area contributed by atoms with Crippen molar-refractivity contribution in [1.29, 1.82) is 0 Å². The Hall–Kier alpha value is -1.32. The van der Waals surface area contributed by atoms with E-state index in [0.717, 1.165) is 30.4 Å². The molecule has 0 saturated carbocycles. The maximum Gasteiger partial charge on any atom is 0.0908 e. The zero-order valence-electron chi connectivity index (χ0n) is 11.0. The Morgan fingerprint density at radius 2 is 2.16 bits per heavy atom. The molecule has 1 aromatic heterocycles. The Morgan fingerprint density at radius 3 is 2.95 bits per heavy atom. The van der Waals surface area contributed by atoms with E-state index in [4.69, 9.17) is 17.3 Å². The van der Waals surface area contributed by atoms with E-state index in [0.29, 0.717) is 10.9 Å². The van der Waals surface area contributed by atoms with E-state index in [1.807, 2.05) is 12.1 Å². The lowest BCUT2D eigenvalue weighted by atomic mass is 9.95. The Kier molecular flexibility index (Phi) is 3.33. The number of rotatable bonds is 1. The van der Waals surface area contributed by atoms with Crippen molar-refractivity contribution in [2.75, 3.05) is 18.0 Å². The highest BCUT2D eigenvalue weighted by molar-refractivity contribution is 6.35. The minimum absolute atomic E-state index is 0.242. The number of pyridine rings is 1. The Bertz CT molecular complexity index is 589. The van der Waals surface area contributed by atoms with Gasteiger partial charge in [-0.2, -0.15) is 0 Å². The highest BCUT2D eigenvalue weighted by Gasteiger charge is 2.23. The summed E-state index contributed by atoms with van der Waals surface area (Å²) >= 11 is 6.22. The molecule has 0 unspecified atom stereocenters. The summed E-state index contributed by atoms with van der Waals surface area (Å²) in [6.45, 7) is 4.19. The van der Waals surface area contributed by atoms with Crippen molar-refractivity contribution in [2.24, 2.45) is 11.7 Å². The first-order valence-electron chi connectivity index (χ1n) is 6.69. The third-order valence-corrected chi connectivity index (χ3v) is 4.04. The summed E-state index contributed by atoms with van der Waals surface area (Å²) in [5.74, 6) is 0.617. The molecule has 0 spiro atoms. The van der Waals surface area contributed by atoms with Crippen LogP contribution in [0.4, 0.5) is 5.69 Å². The van der Waals surface area contributed by atoms with E-state index in [1.165, 1.54) is 5.69 Å². The van der Waals surface area contributed by atoms with Gasteiger partial charge in [0.2, 0.25) is 0 Å². The minimum atomic E-state index is 0.242. The fourth-order valence-corrected chi connectivity index (χ4v) is 3.21. The number of fused-ring (bicyclic) bond motifs is 1. The standard InChI is InChI=1S/C15H18ClN3/c1-10-7-11(17)9-19(8-10)14-5-4-13(16)15-12(14)3-2-6-18-15/h2-6,10-11H,7-9,17H2,1H3/t10-,11+/m0/s1. The molecule has 0 amide bonds. The van der Waals surface area contributed by atoms with E-state index in [1.54, 1.807) is 6.20 Å². The number of hydrogen-bond donors (Lipinski definition) is 1. The maximum absolute atomic E-state index is 6.22. The van der Waals surface area contributed by atoms with Gasteiger partial charge >= 0.3 is 0 Å². The van der Waals surface area contributed by atoms with E-state index in [9.17, 15) is 0 Å². The van der Waals surface area contributed by atoms with Crippen LogP contribution in [0.5, 0.6) is 0 Å². The van der Waals surface area contributed by atoms with Crippen LogP contribution in [0.1, 0.15) is 13.3 Å². The number of nitrogens with two attached hydrogens (primary N) is 1. The molecule has 100 valence electrons. The number of nitrogens with zero attached hydrogens (tertiary/aromatic N) is 2. The Balaban J connectivity index is 2.07. The van der Waals surface area contributed by atoms with Gasteiger partial charge in [-0.25, -0.2) is 0 Å². The third kappa shape index (κ3) is 2.40. The maximum atomic E-state index is 6.22. The van der Waals surface area contributed by atoms with Gasteiger partial charge in [0.05, 0.1) is 10.5 Å². The summed E-state index contributed by atoms with van der Waals surface area (Å²) in [7, 11) is 0. The summed E-state index contributed by atoms with van der Waals surface area (Å²) in [5.41, 5.74) is 8.20. The lowest BCUT2D eigenvalue weighted by Gasteiger charge is -2.37. The van der Waals surface area contributed by atoms with Crippen molar-refractivity contribution in [2.45, 2.75) is 19.4 Å². The van der Waals surface area contributed by atoms with Crippen molar-refractivity contribution >= 4 is 28.2 Å². The van der Waals surface area contributed by atoms with Crippen molar-refractivity contribution in [3.63, 3.8) is 0 Å². The Labute approximate surface area is 118 Å². The fraction of sp³-hybridized carbons (Fsp3) is 0.400. The van der Waals surface area contributed by atoms with Crippen molar-refractivity contribution in [1.82, 2.24) is 4.98 Å². The lowest BCUT2D eigenvalue weighted by Crippen LogP contribution is -2.46. The van der Waals surface area contributed by atoms with E-state index in [-0.39, 0.29) is 6.04 Å². The average Bonchev–Trinajstić information content (AvgIpc) is 2.38. The van der Waals surface area contributed by atoms with Crippen molar-refractivity contribution < 1.29 is 0 Å². The first-order chi connectivity index (χ1) is 9.15. The summed E-state index contributed by atoms with van der Waals surface area (Å²) in [6, 6.07) is 8.28. The summed E-state index contributed by atoms with van der Waals surface area (Å²) in [6.07, 6.45) is 2.88. The molecule has 2 heterocycles. The smallest absolute Gasteiger partial charge is 0.0908 e. The monoisotopic (exact) mass is 275 g/mol. The zero-order chi connectivity index (χ0) is 13.4. The molecule has 4 heteroatoms. The SMILES string of the molecule is C[C@H]1C[C@@H](N)CN(c2ccc(Cl)c3ncccc23)C1. The molecule has 3 nitrogen and oxygen atoms in total. The summed E-state index contributed by atoms with van der Waals surface area (Å²) in [5, 5.41) is 1.81. The van der Waals surface area contributed by atoms with Gasteiger partial charge in [-0.3, -0.25) is 4.98 Å². The van der Waals surface area contributed by atoms with Crippen LogP contribution in [0, 0.1) is 5.92 Å². The van der Waals surface area contributed by atoms with Crippen LogP contribution in [0.2, 0.25) is 5.02 Å². The Morgan fingerprint density at radius 1 is 1.32 bits per heavy atom. The molecule has 1 aliphatic rings. The number of benzene rings is 1. The molecule has 2 N–H and O–H groups in total. The van der Waals surface area contributed by atoms with Gasteiger partial charge < -0.3 is 10.6 Å². The van der Waals surface area contributed by atoms with Crippen molar-refractivity contribution in [3.8, 4) is 0 Å². The second kappa shape index (κ2) is 4.99. The van der Waals surface area contributed by atoms with Gasteiger partial charge in [0.1, 0.15) is 0 Å². The summed E-state index contributed by atoms with van der Waals surface area (Å²) in [4.78, 5) is 6.74. The molecule has 3 rings (SSSR count). The second-order valence-corrected chi connectivity index (χ2v) is 5.88. The van der Waals surface area contributed by atoms with Gasteiger partial charge in [0, 0.05) is 36.4 Å². The number of halogens is 1. The van der Waals surface area contributed by atoms with Crippen LogP contribution >= 0.6 is 11.6 Å². The van der Waals surface area contributed by atoms with Gasteiger partial charge in [-0.1, -0.05) is 18.5 Å². The largest absolute Gasteiger partial charge is 0.369 e. The molecule has 19 heavy (non-hydrogen) atoms. The molecular weight excluding hydrogens is 258 g/mol. The minimum Gasteiger partial charge on any atom is -0.369 e. The van der Waals surface area contributed by atoms with E-state index >= 15 is 0 Å². The second-order valence-electron chi connectivity index (χ2n) is 5.47. The van der Waals surface area contributed by atoms with E-state index in [2.05, 4.69) is 28.9 Å². The van der Waals surface area contributed by atoms with Gasteiger partial charge in [0.15, 0.2) is 0 Å². The number of piperidine rings is 1. The summed E-state index contributed by atoms with van der Waals surface area (Å²) < 4.78 is 0. The first-order valence-corrected chi connectivity index (χ1v) is 7.06. The molecule has 2 atom stereocenters. The lowest BCUT2D eigenvalue weighted by molar-refractivity contribution is 0.402. The molecule has 0 aliphatic carbocycles.